The second-order valence-electron chi connectivity index (χ2n) is 7.93. The number of ether oxygens (including phenoxy) is 1. The third-order valence-electron chi connectivity index (χ3n) is 4.41. The van der Waals surface area contributed by atoms with Gasteiger partial charge in [-0.1, -0.05) is 19.6 Å². The molecule has 25 heavy (non-hydrogen) atoms. The molecule has 6 nitrogen and oxygen atoms in total. The van der Waals surface area contributed by atoms with Crippen molar-refractivity contribution in [3.8, 4) is 0 Å². The predicted octanol–water partition coefficient (Wildman–Crippen LogP) is 2.68. The van der Waals surface area contributed by atoms with Gasteiger partial charge in [0.1, 0.15) is 13.0 Å². The van der Waals surface area contributed by atoms with Gasteiger partial charge >= 0.3 is 0 Å². The number of piperidine rings is 1. The van der Waals surface area contributed by atoms with Crippen LogP contribution in [0.5, 0.6) is 0 Å². The van der Waals surface area contributed by atoms with E-state index in [4.69, 9.17) is 4.74 Å². The molecular weight excluding hydrogens is 334 g/mol. The van der Waals surface area contributed by atoms with E-state index < -0.39 is 8.07 Å². The van der Waals surface area contributed by atoms with Gasteiger partial charge in [-0.05, 0) is 31.7 Å². The molecule has 2 rings (SSSR count). The first-order chi connectivity index (χ1) is 11.9. The van der Waals surface area contributed by atoms with Crippen molar-refractivity contribution in [1.82, 2.24) is 9.55 Å². The van der Waals surface area contributed by atoms with E-state index in [1.165, 1.54) is 6.42 Å². The zero-order chi connectivity index (χ0) is 18.3. The lowest BCUT2D eigenvalue weighted by atomic mass is 10.1. The summed E-state index contributed by atoms with van der Waals surface area (Å²) in [7, 11) is -1.15. The van der Waals surface area contributed by atoms with Crippen LogP contribution in [0.15, 0.2) is 11.0 Å². The normalized spacial score (nSPS) is 15.4. The number of hydrogen-bond donors (Lipinski definition) is 0. The second-order valence-corrected chi connectivity index (χ2v) is 13.6. The maximum atomic E-state index is 12.8. The summed E-state index contributed by atoms with van der Waals surface area (Å²) in [5, 5.41) is 0. The Morgan fingerprint density at radius 2 is 1.96 bits per heavy atom. The highest BCUT2D eigenvalue weighted by Gasteiger charge is 2.18. The number of rotatable bonds is 9. The first-order valence-corrected chi connectivity index (χ1v) is 13.0. The number of carbonyl (C=O) groups is 1. The maximum Gasteiger partial charge on any atom is 0.295 e. The molecule has 7 heteroatoms. The van der Waals surface area contributed by atoms with Crippen LogP contribution < -0.4 is 10.5 Å². The topological polar surface area (TPSA) is 64.4 Å². The fraction of sp³-hybridized carbons (Fsp3) is 0.722. The molecule has 1 aromatic rings. The molecule has 0 aliphatic carbocycles. The zero-order valence-corrected chi connectivity index (χ0v) is 16.8. The fourth-order valence-corrected chi connectivity index (χ4v) is 3.61. The molecule has 0 N–H and O–H groups in total. The lowest BCUT2D eigenvalue weighted by molar-refractivity contribution is -0.107. The van der Waals surface area contributed by atoms with Crippen molar-refractivity contribution in [3.63, 3.8) is 0 Å². The van der Waals surface area contributed by atoms with Crippen molar-refractivity contribution in [1.29, 1.82) is 0 Å². The van der Waals surface area contributed by atoms with E-state index in [1.54, 1.807) is 10.8 Å². The molecule has 1 aliphatic rings. The minimum atomic E-state index is -1.15. The van der Waals surface area contributed by atoms with Crippen LogP contribution in [0.4, 0.5) is 5.82 Å². The van der Waals surface area contributed by atoms with Crippen LogP contribution in [0.1, 0.15) is 31.4 Å². The minimum Gasteiger partial charge on any atom is -0.361 e. The Balaban J connectivity index is 2.15. The van der Waals surface area contributed by atoms with Crippen LogP contribution in [0.3, 0.4) is 0 Å². The maximum absolute atomic E-state index is 12.8. The van der Waals surface area contributed by atoms with E-state index in [0.29, 0.717) is 25.3 Å². The number of aryl methyl sites for hydroxylation is 1. The van der Waals surface area contributed by atoms with Gasteiger partial charge < -0.3 is 14.4 Å². The van der Waals surface area contributed by atoms with Crippen molar-refractivity contribution >= 4 is 20.2 Å². The van der Waals surface area contributed by atoms with Gasteiger partial charge in [0.25, 0.3) is 5.56 Å². The molecule has 0 radical (unpaired) electrons. The molecular formula is C18H31N3O3Si. The van der Waals surface area contributed by atoms with Gasteiger partial charge in [-0.25, -0.2) is 4.98 Å². The quantitative estimate of drug-likeness (QED) is 0.382. The van der Waals surface area contributed by atoms with Gasteiger partial charge in [-0.15, -0.1) is 0 Å². The molecule has 0 aromatic carbocycles. The molecule has 0 unspecified atom stereocenters. The highest BCUT2D eigenvalue weighted by molar-refractivity contribution is 6.76. The SMILES string of the molecule is C[Si](C)(C)CCOCn1cc(CCC=O)nc(N2CCCCC2)c1=O. The molecule has 1 aliphatic heterocycles. The summed E-state index contributed by atoms with van der Waals surface area (Å²) in [4.78, 5) is 30.1. The van der Waals surface area contributed by atoms with Crippen LogP contribution in [0.25, 0.3) is 0 Å². The molecule has 2 heterocycles. The lowest BCUT2D eigenvalue weighted by Crippen LogP contribution is -2.37. The summed E-state index contributed by atoms with van der Waals surface area (Å²) in [6.45, 7) is 9.59. The van der Waals surface area contributed by atoms with Crippen molar-refractivity contribution in [3.05, 3.63) is 22.2 Å². The van der Waals surface area contributed by atoms with E-state index in [2.05, 4.69) is 29.5 Å². The second kappa shape index (κ2) is 9.29. The molecule has 140 valence electrons. The Hall–Kier alpha value is -1.47. The first-order valence-electron chi connectivity index (χ1n) is 9.27. The fourth-order valence-electron chi connectivity index (χ4n) is 2.86. The van der Waals surface area contributed by atoms with Gasteiger partial charge in [0.05, 0.1) is 5.69 Å². The highest BCUT2D eigenvalue weighted by atomic mass is 28.3. The standard InChI is InChI=1S/C18H31N3O3Si/c1-25(2,3)13-12-24-15-21-14-16(8-7-11-22)19-17(18(21)23)20-9-5-4-6-10-20/h11,14H,4-10,12-13,15H2,1-3H3. The van der Waals surface area contributed by atoms with Gasteiger partial charge in [-0.3, -0.25) is 9.36 Å². The molecule has 1 fully saturated rings. The van der Waals surface area contributed by atoms with Crippen molar-refractivity contribution < 1.29 is 9.53 Å². The molecule has 1 saturated heterocycles. The van der Waals surface area contributed by atoms with Crippen LogP contribution in [0, 0.1) is 0 Å². The Morgan fingerprint density at radius 3 is 2.60 bits per heavy atom. The number of hydrogen-bond acceptors (Lipinski definition) is 5. The summed E-state index contributed by atoms with van der Waals surface area (Å²) in [6, 6.07) is 1.07. The van der Waals surface area contributed by atoms with E-state index in [1.807, 2.05) is 0 Å². The van der Waals surface area contributed by atoms with Gasteiger partial charge in [-0.2, -0.15) is 0 Å². The number of carbonyl (C=O) groups excluding carboxylic acids is 1. The predicted molar refractivity (Wildman–Crippen MR) is 103 cm³/mol. The lowest BCUT2D eigenvalue weighted by Gasteiger charge is -2.28. The Kier molecular flexibility index (Phi) is 7.37. The van der Waals surface area contributed by atoms with E-state index in [0.717, 1.165) is 44.0 Å². The Bertz CT molecular complexity index is 619. The van der Waals surface area contributed by atoms with E-state index >= 15 is 0 Å². The number of aromatic nitrogens is 2. The summed E-state index contributed by atoms with van der Waals surface area (Å²) < 4.78 is 7.37. The van der Waals surface area contributed by atoms with Crippen LogP contribution >= 0.6 is 0 Å². The molecule has 0 amide bonds. The molecule has 0 atom stereocenters. The van der Waals surface area contributed by atoms with E-state index in [-0.39, 0.29) is 12.3 Å². The van der Waals surface area contributed by atoms with Crippen molar-refractivity contribution in [2.24, 2.45) is 0 Å². The van der Waals surface area contributed by atoms with Crippen molar-refractivity contribution in [2.45, 2.75) is 64.5 Å². The molecule has 0 saturated carbocycles. The number of aldehydes is 1. The average Bonchev–Trinajstić information content (AvgIpc) is 2.58. The Morgan fingerprint density at radius 1 is 1.24 bits per heavy atom. The summed E-state index contributed by atoms with van der Waals surface area (Å²) in [5.74, 6) is 0.511. The van der Waals surface area contributed by atoms with Crippen LogP contribution in [-0.2, 0) is 22.7 Å². The minimum absolute atomic E-state index is 0.0928. The molecule has 0 bridgehead atoms. The summed E-state index contributed by atoms with van der Waals surface area (Å²) in [5.41, 5.74) is 0.686. The number of anilines is 1. The number of nitrogens with zero attached hydrogens (tertiary/aromatic N) is 3. The zero-order valence-electron chi connectivity index (χ0n) is 15.8. The highest BCUT2D eigenvalue weighted by Crippen LogP contribution is 2.15. The van der Waals surface area contributed by atoms with Gasteiger partial charge in [0, 0.05) is 40.4 Å². The molecule has 1 aromatic heterocycles. The summed E-state index contributed by atoms with van der Waals surface area (Å²) >= 11 is 0. The van der Waals surface area contributed by atoms with Crippen LogP contribution in [-0.4, -0.2) is 43.6 Å². The monoisotopic (exact) mass is 365 g/mol. The smallest absolute Gasteiger partial charge is 0.295 e. The van der Waals surface area contributed by atoms with E-state index in [9.17, 15) is 9.59 Å². The van der Waals surface area contributed by atoms with Gasteiger partial charge in [0.2, 0.25) is 0 Å². The van der Waals surface area contributed by atoms with Crippen molar-refractivity contribution in [2.75, 3.05) is 24.6 Å². The Labute approximate surface area is 151 Å². The third-order valence-corrected chi connectivity index (χ3v) is 6.11. The summed E-state index contributed by atoms with van der Waals surface area (Å²) in [6.07, 6.45) is 6.99. The largest absolute Gasteiger partial charge is 0.361 e. The molecule has 0 spiro atoms. The van der Waals surface area contributed by atoms with Gasteiger partial charge in [0.15, 0.2) is 5.82 Å². The van der Waals surface area contributed by atoms with Crippen LogP contribution in [0.2, 0.25) is 25.7 Å². The first kappa shape index (κ1) is 19.8. The average molecular weight is 366 g/mol. The third kappa shape index (κ3) is 6.39.